The largest absolute Gasteiger partial charge is 0.396 e. The Morgan fingerprint density at radius 1 is 1.09 bits per heavy atom. The van der Waals surface area contributed by atoms with Crippen molar-refractivity contribution in [2.24, 2.45) is 5.41 Å². The number of hydrogen-bond acceptors (Lipinski definition) is 3. The molecule has 122 valence electrons. The maximum Gasteiger partial charge on any atom is 0.251 e. The van der Waals surface area contributed by atoms with E-state index in [4.69, 9.17) is 5.11 Å². The lowest BCUT2D eigenvalue weighted by atomic mass is 9.89. The summed E-state index contributed by atoms with van der Waals surface area (Å²) in [5, 5.41) is 14.6. The number of benzene rings is 1. The first kappa shape index (κ1) is 18.2. The van der Waals surface area contributed by atoms with Gasteiger partial charge in [-0.25, -0.2) is 0 Å². The number of amides is 2. The SMILES string of the molecule is CC(C)NC(=O)c1ccc(C(=O)NCC(C)(C)CCO)cc1. The molecule has 5 nitrogen and oxygen atoms in total. The second-order valence-corrected chi connectivity index (χ2v) is 6.53. The predicted molar refractivity (Wildman–Crippen MR) is 86.9 cm³/mol. The Hall–Kier alpha value is -1.88. The van der Waals surface area contributed by atoms with Crippen molar-refractivity contribution in [2.75, 3.05) is 13.2 Å². The van der Waals surface area contributed by atoms with Crippen molar-refractivity contribution >= 4 is 11.8 Å². The van der Waals surface area contributed by atoms with Crippen molar-refractivity contribution < 1.29 is 14.7 Å². The first-order valence-corrected chi connectivity index (χ1v) is 7.55. The molecular weight excluding hydrogens is 280 g/mol. The van der Waals surface area contributed by atoms with Crippen LogP contribution < -0.4 is 10.6 Å². The standard InChI is InChI=1S/C17H26N2O3/c1-12(2)19-16(22)14-7-5-13(6-8-14)15(21)18-11-17(3,4)9-10-20/h5-8,12,20H,9-11H2,1-4H3,(H,18,21)(H,19,22). The van der Waals surface area contributed by atoms with Crippen molar-refractivity contribution in [1.82, 2.24) is 10.6 Å². The highest BCUT2D eigenvalue weighted by molar-refractivity contribution is 5.97. The van der Waals surface area contributed by atoms with E-state index < -0.39 is 0 Å². The highest BCUT2D eigenvalue weighted by Crippen LogP contribution is 2.18. The van der Waals surface area contributed by atoms with Crippen LogP contribution in [0.25, 0.3) is 0 Å². The fraction of sp³-hybridized carbons (Fsp3) is 0.529. The molecule has 0 bridgehead atoms. The first-order valence-electron chi connectivity index (χ1n) is 7.55. The van der Waals surface area contributed by atoms with Gasteiger partial charge in [0, 0.05) is 30.3 Å². The minimum atomic E-state index is -0.179. The molecule has 0 spiro atoms. The molecule has 22 heavy (non-hydrogen) atoms. The second-order valence-electron chi connectivity index (χ2n) is 6.53. The van der Waals surface area contributed by atoms with E-state index in [-0.39, 0.29) is 29.9 Å². The molecule has 0 saturated carbocycles. The van der Waals surface area contributed by atoms with Crippen LogP contribution in [-0.4, -0.2) is 36.1 Å². The van der Waals surface area contributed by atoms with E-state index in [0.717, 1.165) is 0 Å². The summed E-state index contributed by atoms with van der Waals surface area (Å²) in [6, 6.07) is 6.65. The van der Waals surface area contributed by atoms with Crippen molar-refractivity contribution in [3.8, 4) is 0 Å². The van der Waals surface area contributed by atoms with Crippen LogP contribution in [0.5, 0.6) is 0 Å². The van der Waals surface area contributed by atoms with Crippen LogP contribution in [0, 0.1) is 5.41 Å². The maximum atomic E-state index is 12.1. The molecule has 1 aromatic carbocycles. The van der Waals surface area contributed by atoms with Crippen LogP contribution in [0.1, 0.15) is 54.8 Å². The van der Waals surface area contributed by atoms with E-state index in [9.17, 15) is 9.59 Å². The highest BCUT2D eigenvalue weighted by Gasteiger charge is 2.18. The van der Waals surface area contributed by atoms with Gasteiger partial charge in [-0.05, 0) is 49.9 Å². The lowest BCUT2D eigenvalue weighted by molar-refractivity contribution is 0.0922. The molecule has 0 radical (unpaired) electrons. The van der Waals surface area contributed by atoms with E-state index in [1.54, 1.807) is 24.3 Å². The molecular formula is C17H26N2O3. The van der Waals surface area contributed by atoms with Crippen molar-refractivity contribution in [2.45, 2.75) is 40.2 Å². The lowest BCUT2D eigenvalue weighted by Crippen LogP contribution is -2.34. The fourth-order valence-corrected chi connectivity index (χ4v) is 1.93. The van der Waals surface area contributed by atoms with Gasteiger partial charge in [-0.15, -0.1) is 0 Å². The van der Waals surface area contributed by atoms with Crippen LogP contribution in [0.3, 0.4) is 0 Å². The molecule has 1 aromatic rings. The van der Waals surface area contributed by atoms with E-state index in [2.05, 4.69) is 10.6 Å². The monoisotopic (exact) mass is 306 g/mol. The first-order chi connectivity index (χ1) is 10.2. The number of carbonyl (C=O) groups is 2. The van der Waals surface area contributed by atoms with E-state index >= 15 is 0 Å². The molecule has 3 N–H and O–H groups in total. The highest BCUT2D eigenvalue weighted by atomic mass is 16.3. The average Bonchev–Trinajstić information content (AvgIpc) is 2.44. The minimum Gasteiger partial charge on any atom is -0.396 e. The molecule has 0 aromatic heterocycles. The topological polar surface area (TPSA) is 78.4 Å². The van der Waals surface area contributed by atoms with Crippen LogP contribution >= 0.6 is 0 Å². The average molecular weight is 306 g/mol. The van der Waals surface area contributed by atoms with Crippen molar-refractivity contribution in [3.63, 3.8) is 0 Å². The molecule has 5 heteroatoms. The van der Waals surface area contributed by atoms with Gasteiger partial charge in [0.2, 0.25) is 0 Å². The number of nitrogens with one attached hydrogen (secondary N) is 2. The molecule has 2 amide bonds. The summed E-state index contributed by atoms with van der Waals surface area (Å²) in [5.41, 5.74) is 0.897. The van der Waals surface area contributed by atoms with Crippen LogP contribution in [0.4, 0.5) is 0 Å². The quantitative estimate of drug-likeness (QED) is 0.720. The molecule has 1 rings (SSSR count). The Labute approximate surface area is 132 Å². The Kier molecular flexibility index (Phi) is 6.56. The maximum absolute atomic E-state index is 12.1. The fourth-order valence-electron chi connectivity index (χ4n) is 1.93. The van der Waals surface area contributed by atoms with E-state index in [0.29, 0.717) is 24.1 Å². The zero-order chi connectivity index (χ0) is 16.8. The summed E-state index contributed by atoms with van der Waals surface area (Å²) >= 11 is 0. The molecule has 0 unspecified atom stereocenters. The van der Waals surface area contributed by atoms with Gasteiger partial charge in [-0.1, -0.05) is 13.8 Å². The molecule has 0 heterocycles. The van der Waals surface area contributed by atoms with Gasteiger partial charge in [0.15, 0.2) is 0 Å². The van der Waals surface area contributed by atoms with Crippen molar-refractivity contribution in [3.05, 3.63) is 35.4 Å². The summed E-state index contributed by atoms with van der Waals surface area (Å²) in [7, 11) is 0. The molecule has 0 aliphatic carbocycles. The molecule has 0 aliphatic heterocycles. The Balaban J connectivity index is 2.63. The zero-order valence-electron chi connectivity index (χ0n) is 13.8. The summed E-state index contributed by atoms with van der Waals surface area (Å²) in [6.07, 6.45) is 0.627. The lowest BCUT2D eigenvalue weighted by Gasteiger charge is -2.23. The summed E-state index contributed by atoms with van der Waals surface area (Å²) in [5.74, 6) is -0.326. The Morgan fingerprint density at radius 3 is 2.05 bits per heavy atom. The van der Waals surface area contributed by atoms with Gasteiger partial charge in [0.05, 0.1) is 0 Å². The number of hydrogen-bond donors (Lipinski definition) is 3. The van der Waals surface area contributed by atoms with Gasteiger partial charge < -0.3 is 15.7 Å². The third kappa shape index (κ3) is 5.85. The minimum absolute atomic E-state index is 0.0734. The summed E-state index contributed by atoms with van der Waals surface area (Å²) in [4.78, 5) is 23.9. The van der Waals surface area contributed by atoms with Crippen molar-refractivity contribution in [1.29, 1.82) is 0 Å². The van der Waals surface area contributed by atoms with Gasteiger partial charge >= 0.3 is 0 Å². The third-order valence-corrected chi connectivity index (χ3v) is 3.35. The molecule has 0 saturated heterocycles. The van der Waals surface area contributed by atoms with Gasteiger partial charge in [0.25, 0.3) is 11.8 Å². The van der Waals surface area contributed by atoms with Crippen LogP contribution in [0.2, 0.25) is 0 Å². The Morgan fingerprint density at radius 2 is 1.59 bits per heavy atom. The second kappa shape index (κ2) is 7.94. The molecule has 0 aliphatic rings. The van der Waals surface area contributed by atoms with Gasteiger partial charge in [-0.2, -0.15) is 0 Å². The summed E-state index contributed by atoms with van der Waals surface area (Å²) in [6.45, 7) is 8.36. The van der Waals surface area contributed by atoms with Crippen LogP contribution in [-0.2, 0) is 0 Å². The predicted octanol–water partition coefficient (Wildman–Crippen LogP) is 1.96. The molecule has 0 atom stereocenters. The summed E-state index contributed by atoms with van der Waals surface area (Å²) < 4.78 is 0. The van der Waals surface area contributed by atoms with Crippen LogP contribution in [0.15, 0.2) is 24.3 Å². The molecule has 0 fully saturated rings. The smallest absolute Gasteiger partial charge is 0.251 e. The number of rotatable bonds is 7. The Bertz CT molecular complexity index is 507. The van der Waals surface area contributed by atoms with E-state index in [1.165, 1.54) is 0 Å². The number of carbonyl (C=O) groups excluding carboxylic acids is 2. The third-order valence-electron chi connectivity index (χ3n) is 3.35. The number of aliphatic hydroxyl groups excluding tert-OH is 1. The van der Waals surface area contributed by atoms with Gasteiger partial charge in [0.1, 0.15) is 0 Å². The normalized spacial score (nSPS) is 11.4. The zero-order valence-corrected chi connectivity index (χ0v) is 13.8. The van der Waals surface area contributed by atoms with Gasteiger partial charge in [-0.3, -0.25) is 9.59 Å². The number of aliphatic hydroxyl groups is 1. The van der Waals surface area contributed by atoms with E-state index in [1.807, 2.05) is 27.7 Å².